The number of hydrogen-bond acceptors (Lipinski definition) is 3. The summed E-state index contributed by atoms with van der Waals surface area (Å²) in [6.07, 6.45) is 0.648. The minimum Gasteiger partial charge on any atom is -0.391 e. The molecular formula is C9H13NO2. The van der Waals surface area contributed by atoms with Crippen LogP contribution in [0.15, 0.2) is 24.4 Å². The Morgan fingerprint density at radius 1 is 1.42 bits per heavy atom. The van der Waals surface area contributed by atoms with Gasteiger partial charge in [0.05, 0.1) is 12.2 Å². The van der Waals surface area contributed by atoms with Gasteiger partial charge in [0.2, 0.25) is 0 Å². The third-order valence-corrected chi connectivity index (χ3v) is 1.70. The van der Waals surface area contributed by atoms with Crippen molar-refractivity contribution >= 4 is 0 Å². The summed E-state index contributed by atoms with van der Waals surface area (Å²) in [5.41, 5.74) is 0.797. The zero-order chi connectivity index (χ0) is 8.97. The van der Waals surface area contributed by atoms with Gasteiger partial charge in [0.15, 0.2) is 0 Å². The van der Waals surface area contributed by atoms with Crippen molar-refractivity contribution in [1.82, 2.24) is 4.98 Å². The van der Waals surface area contributed by atoms with Crippen LogP contribution < -0.4 is 0 Å². The van der Waals surface area contributed by atoms with E-state index in [9.17, 15) is 5.11 Å². The molecule has 0 aliphatic heterocycles. The zero-order valence-corrected chi connectivity index (χ0v) is 7.01. The highest BCUT2D eigenvalue weighted by Gasteiger charge is 2.11. The van der Waals surface area contributed by atoms with E-state index < -0.39 is 12.2 Å². The highest BCUT2D eigenvalue weighted by molar-refractivity contribution is 5.04. The third-order valence-electron chi connectivity index (χ3n) is 1.70. The van der Waals surface area contributed by atoms with Crippen LogP contribution in [0.5, 0.6) is 0 Å². The van der Waals surface area contributed by atoms with Gasteiger partial charge in [-0.2, -0.15) is 0 Å². The summed E-state index contributed by atoms with van der Waals surface area (Å²) in [5, 5.41) is 18.3. The predicted octanol–water partition coefficient (Wildman–Crippen LogP) is 0.366. The van der Waals surface area contributed by atoms with E-state index in [0.717, 1.165) is 5.69 Å². The summed E-state index contributed by atoms with van der Waals surface area (Å²) in [6.45, 7) is 1.56. The van der Waals surface area contributed by atoms with Crippen LogP contribution in [-0.4, -0.2) is 27.4 Å². The Bertz CT molecular complexity index is 223. The minimum atomic E-state index is -0.722. The molecule has 3 nitrogen and oxygen atoms in total. The average molecular weight is 167 g/mol. The molecule has 3 heteroatoms. The summed E-state index contributed by atoms with van der Waals surface area (Å²) in [7, 11) is 0. The lowest BCUT2D eigenvalue weighted by atomic mass is 10.1. The van der Waals surface area contributed by atoms with Crippen molar-refractivity contribution in [2.75, 3.05) is 0 Å². The number of hydrogen-bond donors (Lipinski definition) is 2. The fourth-order valence-corrected chi connectivity index (χ4v) is 0.904. The van der Waals surface area contributed by atoms with Gasteiger partial charge in [-0.05, 0) is 19.1 Å². The normalized spacial score (nSPS) is 15.6. The second-order valence-corrected chi connectivity index (χ2v) is 2.83. The Balaban J connectivity index is 2.53. The number of aliphatic hydroxyl groups is 2. The number of aliphatic hydroxyl groups excluding tert-OH is 2. The van der Waals surface area contributed by atoms with Gasteiger partial charge in [-0.15, -0.1) is 0 Å². The Morgan fingerprint density at radius 2 is 2.17 bits per heavy atom. The van der Waals surface area contributed by atoms with Crippen LogP contribution in [-0.2, 0) is 6.42 Å². The van der Waals surface area contributed by atoms with Crippen LogP contribution in [0, 0.1) is 0 Å². The van der Waals surface area contributed by atoms with Crippen molar-refractivity contribution in [3.05, 3.63) is 30.1 Å². The molecule has 0 aliphatic carbocycles. The standard InChI is InChI=1S/C9H13NO2/c1-7(11)9(12)6-8-4-2-3-5-10-8/h2-5,7,9,11-12H,6H2,1H3. The molecule has 2 atom stereocenters. The van der Waals surface area contributed by atoms with Gasteiger partial charge in [-0.1, -0.05) is 6.07 Å². The smallest absolute Gasteiger partial charge is 0.0851 e. The highest BCUT2D eigenvalue weighted by Crippen LogP contribution is 2.02. The zero-order valence-electron chi connectivity index (χ0n) is 7.01. The molecule has 1 aromatic rings. The largest absolute Gasteiger partial charge is 0.391 e. The molecular weight excluding hydrogens is 154 g/mol. The summed E-state index contributed by atoms with van der Waals surface area (Å²) < 4.78 is 0. The van der Waals surface area contributed by atoms with E-state index in [0.29, 0.717) is 6.42 Å². The Morgan fingerprint density at radius 3 is 2.67 bits per heavy atom. The summed E-state index contributed by atoms with van der Waals surface area (Å²) >= 11 is 0. The summed E-state index contributed by atoms with van der Waals surface area (Å²) in [6, 6.07) is 5.50. The lowest BCUT2D eigenvalue weighted by Crippen LogP contribution is -2.25. The first kappa shape index (κ1) is 9.16. The van der Waals surface area contributed by atoms with Crippen molar-refractivity contribution in [3.8, 4) is 0 Å². The van der Waals surface area contributed by atoms with E-state index in [4.69, 9.17) is 5.11 Å². The second kappa shape index (κ2) is 4.18. The molecule has 1 heterocycles. The summed E-state index contributed by atoms with van der Waals surface area (Å²) in [4.78, 5) is 4.03. The van der Waals surface area contributed by atoms with Crippen LogP contribution in [0.2, 0.25) is 0 Å². The van der Waals surface area contributed by atoms with Gasteiger partial charge < -0.3 is 10.2 Å². The molecule has 0 amide bonds. The average Bonchev–Trinajstić information content (AvgIpc) is 2.06. The van der Waals surface area contributed by atoms with Crippen molar-refractivity contribution in [1.29, 1.82) is 0 Å². The molecule has 0 aromatic carbocycles. The maximum absolute atomic E-state index is 9.29. The van der Waals surface area contributed by atoms with E-state index in [1.807, 2.05) is 18.2 Å². The molecule has 0 saturated carbocycles. The molecule has 66 valence electrons. The molecule has 12 heavy (non-hydrogen) atoms. The van der Waals surface area contributed by atoms with Gasteiger partial charge >= 0.3 is 0 Å². The fourth-order valence-electron chi connectivity index (χ4n) is 0.904. The first-order valence-corrected chi connectivity index (χ1v) is 3.96. The SMILES string of the molecule is CC(O)C(O)Cc1ccccn1. The first-order chi connectivity index (χ1) is 5.70. The fraction of sp³-hybridized carbons (Fsp3) is 0.444. The summed E-state index contributed by atoms with van der Waals surface area (Å²) in [5.74, 6) is 0. The lowest BCUT2D eigenvalue weighted by Gasteiger charge is -2.12. The quantitative estimate of drug-likeness (QED) is 0.683. The molecule has 0 saturated heterocycles. The lowest BCUT2D eigenvalue weighted by molar-refractivity contribution is 0.0314. The monoisotopic (exact) mass is 167 g/mol. The molecule has 1 rings (SSSR count). The van der Waals surface area contributed by atoms with Gasteiger partial charge in [0.1, 0.15) is 0 Å². The Kier molecular flexibility index (Phi) is 3.19. The number of pyridine rings is 1. The van der Waals surface area contributed by atoms with Crippen molar-refractivity contribution in [2.24, 2.45) is 0 Å². The second-order valence-electron chi connectivity index (χ2n) is 2.83. The maximum Gasteiger partial charge on any atom is 0.0851 e. The number of nitrogens with zero attached hydrogens (tertiary/aromatic N) is 1. The van der Waals surface area contributed by atoms with E-state index in [-0.39, 0.29) is 0 Å². The predicted molar refractivity (Wildman–Crippen MR) is 45.6 cm³/mol. The maximum atomic E-state index is 9.29. The van der Waals surface area contributed by atoms with Gasteiger partial charge in [-0.25, -0.2) is 0 Å². The Hall–Kier alpha value is -0.930. The van der Waals surface area contributed by atoms with Crippen LogP contribution in [0.4, 0.5) is 0 Å². The molecule has 1 aromatic heterocycles. The molecule has 0 bridgehead atoms. The molecule has 0 spiro atoms. The topological polar surface area (TPSA) is 53.4 Å². The van der Waals surface area contributed by atoms with Crippen LogP contribution >= 0.6 is 0 Å². The van der Waals surface area contributed by atoms with E-state index >= 15 is 0 Å². The van der Waals surface area contributed by atoms with Crippen molar-refractivity contribution in [2.45, 2.75) is 25.6 Å². The molecule has 2 unspecified atom stereocenters. The van der Waals surface area contributed by atoms with Crippen LogP contribution in [0.3, 0.4) is 0 Å². The number of rotatable bonds is 3. The van der Waals surface area contributed by atoms with Crippen LogP contribution in [0.1, 0.15) is 12.6 Å². The van der Waals surface area contributed by atoms with Gasteiger partial charge in [0, 0.05) is 18.3 Å². The van der Waals surface area contributed by atoms with Crippen LogP contribution in [0.25, 0.3) is 0 Å². The van der Waals surface area contributed by atoms with E-state index in [1.165, 1.54) is 0 Å². The van der Waals surface area contributed by atoms with Gasteiger partial charge in [-0.3, -0.25) is 4.98 Å². The third kappa shape index (κ3) is 2.60. The molecule has 2 N–H and O–H groups in total. The molecule has 0 aliphatic rings. The number of aromatic nitrogens is 1. The Labute approximate surface area is 71.7 Å². The van der Waals surface area contributed by atoms with E-state index in [2.05, 4.69) is 4.98 Å². The first-order valence-electron chi connectivity index (χ1n) is 3.96. The van der Waals surface area contributed by atoms with Crippen molar-refractivity contribution in [3.63, 3.8) is 0 Å². The van der Waals surface area contributed by atoms with Gasteiger partial charge in [0.25, 0.3) is 0 Å². The van der Waals surface area contributed by atoms with E-state index in [1.54, 1.807) is 13.1 Å². The molecule has 0 fully saturated rings. The highest BCUT2D eigenvalue weighted by atomic mass is 16.3. The minimum absolute atomic E-state index is 0.401. The molecule has 0 radical (unpaired) electrons. The van der Waals surface area contributed by atoms with Crippen molar-refractivity contribution < 1.29 is 10.2 Å².